The van der Waals surface area contributed by atoms with Crippen molar-refractivity contribution in [2.75, 3.05) is 11.1 Å². The summed E-state index contributed by atoms with van der Waals surface area (Å²) in [7, 11) is 0. The summed E-state index contributed by atoms with van der Waals surface area (Å²) in [6.07, 6.45) is 0. The summed E-state index contributed by atoms with van der Waals surface area (Å²) in [6.45, 7) is 0. The van der Waals surface area contributed by atoms with Gasteiger partial charge in [-0.1, -0.05) is 29.3 Å². The van der Waals surface area contributed by atoms with Crippen molar-refractivity contribution in [1.29, 1.82) is 0 Å². The third kappa shape index (κ3) is 3.21. The summed E-state index contributed by atoms with van der Waals surface area (Å²) in [6, 6.07) is 10.0. The normalized spacial score (nSPS) is 10.3. The number of halogens is 3. The smallest absolute Gasteiger partial charge is 0.257 e. The highest BCUT2D eigenvalue weighted by molar-refractivity contribution is 9.10. The van der Waals surface area contributed by atoms with Crippen molar-refractivity contribution >= 4 is 56.4 Å². The fourth-order valence-corrected chi connectivity index (χ4v) is 2.19. The van der Waals surface area contributed by atoms with Crippen LogP contribution in [-0.2, 0) is 0 Å². The van der Waals surface area contributed by atoms with Crippen LogP contribution >= 0.6 is 39.1 Å². The highest BCUT2D eigenvalue weighted by Gasteiger charge is 2.12. The lowest BCUT2D eigenvalue weighted by Crippen LogP contribution is -2.12. The molecular formula is C13H9BrCl2N2O. The number of carbonyl (C=O) groups excluding carboxylic acids is 1. The van der Waals surface area contributed by atoms with E-state index in [1.165, 1.54) is 0 Å². The molecule has 0 unspecified atom stereocenters. The first-order chi connectivity index (χ1) is 8.99. The van der Waals surface area contributed by atoms with Gasteiger partial charge < -0.3 is 11.1 Å². The summed E-state index contributed by atoms with van der Waals surface area (Å²) in [5.41, 5.74) is 7.01. The lowest BCUT2D eigenvalue weighted by molar-refractivity contribution is 0.102. The van der Waals surface area contributed by atoms with Crippen LogP contribution in [0.25, 0.3) is 0 Å². The fraction of sp³-hybridized carbons (Fsp3) is 0. The Bertz CT molecular complexity index is 647. The molecule has 0 fully saturated rings. The third-order valence-corrected chi connectivity index (χ3v) is 4.09. The molecule has 0 aliphatic heterocycles. The summed E-state index contributed by atoms with van der Waals surface area (Å²) in [5.74, 6) is -0.312. The van der Waals surface area contributed by atoms with E-state index in [-0.39, 0.29) is 5.91 Å². The zero-order chi connectivity index (χ0) is 14.0. The summed E-state index contributed by atoms with van der Waals surface area (Å²) >= 11 is 15.1. The average Bonchev–Trinajstić information content (AvgIpc) is 2.37. The fourth-order valence-electron chi connectivity index (χ4n) is 1.50. The Kier molecular flexibility index (Phi) is 4.34. The van der Waals surface area contributed by atoms with Gasteiger partial charge in [0.25, 0.3) is 5.91 Å². The highest BCUT2D eigenvalue weighted by atomic mass is 79.9. The molecule has 0 aliphatic carbocycles. The predicted octanol–water partition coefficient (Wildman–Crippen LogP) is 4.59. The van der Waals surface area contributed by atoms with E-state index in [4.69, 9.17) is 28.9 Å². The second-order valence-corrected chi connectivity index (χ2v) is 5.43. The Morgan fingerprint density at radius 2 is 1.95 bits per heavy atom. The Hall–Kier alpha value is -1.23. The van der Waals surface area contributed by atoms with Crippen molar-refractivity contribution in [3.63, 3.8) is 0 Å². The number of nitrogens with one attached hydrogen (secondary N) is 1. The van der Waals surface area contributed by atoms with Gasteiger partial charge in [-0.15, -0.1) is 0 Å². The van der Waals surface area contributed by atoms with Gasteiger partial charge in [0.1, 0.15) is 0 Å². The number of rotatable bonds is 2. The van der Waals surface area contributed by atoms with Gasteiger partial charge in [-0.3, -0.25) is 4.79 Å². The first kappa shape index (κ1) is 14.2. The third-order valence-electron chi connectivity index (χ3n) is 2.45. The summed E-state index contributed by atoms with van der Waals surface area (Å²) in [4.78, 5) is 12.1. The van der Waals surface area contributed by atoms with Crippen LogP contribution in [0.1, 0.15) is 10.4 Å². The molecule has 0 heterocycles. The van der Waals surface area contributed by atoms with E-state index in [0.29, 0.717) is 31.5 Å². The monoisotopic (exact) mass is 358 g/mol. The van der Waals surface area contributed by atoms with Gasteiger partial charge in [-0.2, -0.15) is 0 Å². The van der Waals surface area contributed by atoms with Crippen LogP contribution in [0.5, 0.6) is 0 Å². The van der Waals surface area contributed by atoms with E-state index in [9.17, 15) is 4.79 Å². The maximum Gasteiger partial charge on any atom is 0.257 e. The number of hydrogen-bond donors (Lipinski definition) is 2. The second-order valence-electron chi connectivity index (χ2n) is 3.79. The van der Waals surface area contributed by atoms with Gasteiger partial charge >= 0.3 is 0 Å². The molecule has 0 saturated carbocycles. The van der Waals surface area contributed by atoms with Gasteiger partial charge in [0.2, 0.25) is 0 Å². The number of carbonyl (C=O) groups is 1. The van der Waals surface area contributed by atoms with E-state index in [0.717, 1.165) is 0 Å². The van der Waals surface area contributed by atoms with E-state index in [1.54, 1.807) is 36.4 Å². The molecular weight excluding hydrogens is 351 g/mol. The first-order valence-electron chi connectivity index (χ1n) is 5.29. The van der Waals surface area contributed by atoms with Gasteiger partial charge in [-0.25, -0.2) is 0 Å². The van der Waals surface area contributed by atoms with Crippen molar-refractivity contribution in [3.05, 3.63) is 56.5 Å². The largest absolute Gasteiger partial charge is 0.397 e. The maximum atomic E-state index is 12.1. The van der Waals surface area contributed by atoms with Gasteiger partial charge in [0.05, 0.1) is 21.3 Å². The second kappa shape index (κ2) is 5.82. The SMILES string of the molecule is Nc1cc(NC(=O)c2cccc(Br)c2Cl)ccc1Cl. The van der Waals surface area contributed by atoms with Crippen LogP contribution in [0.2, 0.25) is 10.0 Å². The van der Waals surface area contributed by atoms with Crippen LogP contribution < -0.4 is 11.1 Å². The topological polar surface area (TPSA) is 55.1 Å². The number of hydrogen-bond acceptors (Lipinski definition) is 2. The van der Waals surface area contributed by atoms with Crippen LogP contribution in [0.15, 0.2) is 40.9 Å². The number of nitrogens with two attached hydrogens (primary N) is 1. The van der Waals surface area contributed by atoms with Gasteiger partial charge in [0, 0.05) is 10.2 Å². The minimum absolute atomic E-state index is 0.312. The molecule has 0 saturated heterocycles. The number of nitrogen functional groups attached to an aromatic ring is 1. The average molecular weight is 360 g/mol. The molecule has 3 nitrogen and oxygen atoms in total. The molecule has 0 aliphatic rings. The number of benzene rings is 2. The molecule has 98 valence electrons. The predicted molar refractivity (Wildman–Crippen MR) is 83.0 cm³/mol. The zero-order valence-electron chi connectivity index (χ0n) is 9.58. The van der Waals surface area contributed by atoms with E-state index >= 15 is 0 Å². The Balaban J connectivity index is 2.26. The quantitative estimate of drug-likeness (QED) is 0.770. The van der Waals surface area contributed by atoms with Crippen molar-refractivity contribution < 1.29 is 4.79 Å². The molecule has 2 aromatic carbocycles. The molecule has 19 heavy (non-hydrogen) atoms. The Morgan fingerprint density at radius 3 is 2.63 bits per heavy atom. The van der Waals surface area contributed by atoms with Crippen LogP contribution in [-0.4, -0.2) is 5.91 Å². The van der Waals surface area contributed by atoms with Crippen molar-refractivity contribution in [1.82, 2.24) is 0 Å². The van der Waals surface area contributed by atoms with Gasteiger partial charge in [-0.05, 0) is 46.3 Å². The molecule has 0 aromatic heterocycles. The lowest BCUT2D eigenvalue weighted by Gasteiger charge is -2.08. The standard InChI is InChI=1S/C13H9BrCl2N2O/c14-9-3-1-2-8(12(9)16)13(19)18-7-4-5-10(15)11(17)6-7/h1-6H,17H2,(H,18,19). The highest BCUT2D eigenvalue weighted by Crippen LogP contribution is 2.27. The molecule has 1 amide bonds. The molecule has 0 atom stereocenters. The minimum Gasteiger partial charge on any atom is -0.397 e. The Labute approximate surface area is 128 Å². The van der Waals surface area contributed by atoms with Crippen molar-refractivity contribution in [2.24, 2.45) is 0 Å². The molecule has 3 N–H and O–H groups in total. The minimum atomic E-state index is -0.312. The molecule has 0 radical (unpaired) electrons. The molecule has 2 aromatic rings. The van der Waals surface area contributed by atoms with E-state index < -0.39 is 0 Å². The summed E-state index contributed by atoms with van der Waals surface area (Å²) < 4.78 is 0.664. The first-order valence-corrected chi connectivity index (χ1v) is 6.84. The van der Waals surface area contributed by atoms with Crippen LogP contribution in [0.4, 0.5) is 11.4 Å². The Morgan fingerprint density at radius 1 is 1.21 bits per heavy atom. The van der Waals surface area contributed by atoms with Crippen molar-refractivity contribution in [3.8, 4) is 0 Å². The number of anilines is 2. The van der Waals surface area contributed by atoms with Crippen molar-refractivity contribution in [2.45, 2.75) is 0 Å². The zero-order valence-corrected chi connectivity index (χ0v) is 12.7. The molecule has 2 rings (SSSR count). The summed E-state index contributed by atoms with van der Waals surface area (Å²) in [5, 5.41) is 3.52. The van der Waals surface area contributed by atoms with E-state index in [1.807, 2.05) is 0 Å². The maximum absolute atomic E-state index is 12.1. The van der Waals surface area contributed by atoms with Gasteiger partial charge in [0.15, 0.2) is 0 Å². The lowest BCUT2D eigenvalue weighted by atomic mass is 10.2. The van der Waals surface area contributed by atoms with E-state index in [2.05, 4.69) is 21.2 Å². The van der Waals surface area contributed by atoms with Crippen LogP contribution in [0.3, 0.4) is 0 Å². The molecule has 0 bridgehead atoms. The molecule has 0 spiro atoms. The van der Waals surface area contributed by atoms with Crippen LogP contribution in [0, 0.1) is 0 Å². The number of amides is 1. The molecule has 6 heteroatoms.